The van der Waals surface area contributed by atoms with Crippen LogP contribution in [0.4, 0.5) is 0 Å². The predicted molar refractivity (Wildman–Crippen MR) is 74.5 cm³/mol. The molecule has 1 aromatic rings. The monoisotopic (exact) mass is 271 g/mol. The first-order valence-electron chi connectivity index (χ1n) is 5.88. The number of nitrogens with zero attached hydrogens (tertiary/aromatic N) is 1. The number of benzene rings is 1. The Labute approximate surface area is 112 Å². The van der Waals surface area contributed by atoms with Gasteiger partial charge < -0.3 is 4.79 Å². The number of carbonyl (C=O) groups excluding carboxylic acids is 1. The molecule has 0 bridgehead atoms. The third kappa shape index (κ3) is 6.10. The quantitative estimate of drug-likeness (QED) is 0.611. The van der Waals surface area contributed by atoms with Crippen LogP contribution in [0.25, 0.3) is 0 Å². The molecule has 1 aliphatic rings. The molecule has 1 aliphatic heterocycles. The van der Waals surface area contributed by atoms with Gasteiger partial charge in [-0.2, -0.15) is 0 Å². The van der Waals surface area contributed by atoms with Crippen molar-refractivity contribution in [1.82, 2.24) is 4.31 Å². The Morgan fingerprint density at radius 2 is 1.82 bits per heavy atom. The molecule has 1 saturated heterocycles. The van der Waals surface area contributed by atoms with Crippen molar-refractivity contribution in [2.24, 2.45) is 0 Å². The van der Waals surface area contributed by atoms with Gasteiger partial charge in [0.25, 0.3) is 0 Å². The van der Waals surface area contributed by atoms with Crippen LogP contribution in [0, 0.1) is 0 Å². The summed E-state index contributed by atoms with van der Waals surface area (Å²) < 4.78 is 2.41. The van der Waals surface area contributed by atoms with E-state index in [0.29, 0.717) is 6.42 Å². The van der Waals surface area contributed by atoms with Gasteiger partial charge >= 0.3 is 0 Å². The minimum Gasteiger partial charge on any atom is -0.303 e. The summed E-state index contributed by atoms with van der Waals surface area (Å²) in [6, 6.07) is 8.04. The molecule has 4 heteroatoms. The van der Waals surface area contributed by atoms with Gasteiger partial charge in [-0.05, 0) is 49.1 Å². The van der Waals surface area contributed by atoms with Crippen molar-refractivity contribution >= 4 is 29.8 Å². The van der Waals surface area contributed by atoms with E-state index < -0.39 is 0 Å². The van der Waals surface area contributed by atoms with Crippen LogP contribution in [0.5, 0.6) is 0 Å². The molecule has 2 rings (SSSR count). The van der Waals surface area contributed by atoms with E-state index in [0.717, 1.165) is 11.3 Å². The van der Waals surface area contributed by atoms with E-state index in [1.165, 1.54) is 30.8 Å². The van der Waals surface area contributed by atoms with Crippen molar-refractivity contribution in [2.75, 3.05) is 13.1 Å². The maximum Gasteiger partial charge on any atom is 0.119 e. The Bertz CT molecular complexity index is 323. The molecule has 1 aromatic carbocycles. The third-order valence-electron chi connectivity index (χ3n) is 2.28. The molecule has 0 unspecified atom stereocenters. The van der Waals surface area contributed by atoms with E-state index in [2.05, 4.69) is 16.4 Å². The third-order valence-corrected chi connectivity index (χ3v) is 3.64. The van der Waals surface area contributed by atoms with Gasteiger partial charge in [-0.25, -0.2) is 4.31 Å². The smallest absolute Gasteiger partial charge is 0.119 e. The molecule has 2 nitrogen and oxygen atoms in total. The number of hydrogen-bond acceptors (Lipinski definition) is 3. The van der Waals surface area contributed by atoms with E-state index in [4.69, 9.17) is 11.6 Å². The van der Waals surface area contributed by atoms with Crippen LogP contribution in [-0.4, -0.2) is 23.7 Å². The van der Waals surface area contributed by atoms with Crippen LogP contribution in [0.1, 0.15) is 26.2 Å². The predicted octanol–water partition coefficient (Wildman–Crippen LogP) is 4.04. The van der Waals surface area contributed by atoms with E-state index >= 15 is 0 Å². The average molecular weight is 272 g/mol. The number of hydrogen-bond donors (Lipinski definition) is 0. The first kappa shape index (κ1) is 14.6. The van der Waals surface area contributed by atoms with Gasteiger partial charge in [-0.1, -0.05) is 18.5 Å². The molecule has 0 spiro atoms. The molecule has 17 heavy (non-hydrogen) atoms. The molecule has 0 aromatic heterocycles. The second-order valence-corrected chi connectivity index (χ2v) is 5.36. The van der Waals surface area contributed by atoms with Crippen molar-refractivity contribution in [3.05, 3.63) is 29.3 Å². The lowest BCUT2D eigenvalue weighted by Gasteiger charge is -2.12. The standard InChI is InChI=1S/C10H12ClNS.C3H6O/c11-9-3-5-10(6-4-9)13-12-7-1-2-8-12;1-2-3-4/h3-6H,1-2,7-8H2;3H,2H2,1H3. The molecule has 0 aliphatic carbocycles. The van der Waals surface area contributed by atoms with Crippen LogP contribution in [-0.2, 0) is 4.79 Å². The van der Waals surface area contributed by atoms with Gasteiger partial charge in [0, 0.05) is 29.4 Å². The summed E-state index contributed by atoms with van der Waals surface area (Å²) >= 11 is 7.64. The fourth-order valence-electron chi connectivity index (χ4n) is 1.42. The Morgan fingerprint density at radius 1 is 1.29 bits per heavy atom. The maximum atomic E-state index is 9.17. The molecule has 0 N–H and O–H groups in total. The summed E-state index contributed by atoms with van der Waals surface area (Å²) in [6.45, 7) is 4.24. The highest BCUT2D eigenvalue weighted by molar-refractivity contribution is 7.97. The summed E-state index contributed by atoms with van der Waals surface area (Å²) in [4.78, 5) is 10.5. The first-order valence-corrected chi connectivity index (χ1v) is 7.03. The minimum absolute atomic E-state index is 0.639. The van der Waals surface area contributed by atoms with Gasteiger partial charge in [0.05, 0.1) is 0 Å². The first-order chi connectivity index (χ1) is 8.26. The highest BCUT2D eigenvalue weighted by Crippen LogP contribution is 2.27. The Hall–Kier alpha value is -0.510. The van der Waals surface area contributed by atoms with Crippen LogP contribution in [0.15, 0.2) is 29.2 Å². The topological polar surface area (TPSA) is 20.3 Å². The highest BCUT2D eigenvalue weighted by Gasteiger charge is 2.12. The van der Waals surface area contributed by atoms with Crippen molar-refractivity contribution < 1.29 is 4.79 Å². The minimum atomic E-state index is 0.639. The normalized spacial score (nSPS) is 15.2. The van der Waals surface area contributed by atoms with Crippen LogP contribution < -0.4 is 0 Å². The lowest BCUT2D eigenvalue weighted by molar-refractivity contribution is -0.107. The molecule has 0 saturated carbocycles. The van der Waals surface area contributed by atoms with Crippen molar-refractivity contribution in [2.45, 2.75) is 31.1 Å². The van der Waals surface area contributed by atoms with E-state index in [9.17, 15) is 4.79 Å². The summed E-state index contributed by atoms with van der Waals surface area (Å²) in [5, 5.41) is 0.811. The Morgan fingerprint density at radius 3 is 2.29 bits per heavy atom. The van der Waals surface area contributed by atoms with Crippen LogP contribution in [0.2, 0.25) is 5.02 Å². The van der Waals surface area contributed by atoms with Crippen molar-refractivity contribution in [1.29, 1.82) is 0 Å². The largest absolute Gasteiger partial charge is 0.303 e. The molecular formula is C13H18ClNOS. The van der Waals surface area contributed by atoms with Crippen LogP contribution >= 0.6 is 23.5 Å². The zero-order valence-corrected chi connectivity index (χ0v) is 11.6. The van der Waals surface area contributed by atoms with E-state index in [1.807, 2.05) is 31.0 Å². The van der Waals surface area contributed by atoms with Gasteiger partial charge in [0.2, 0.25) is 0 Å². The molecule has 1 heterocycles. The van der Waals surface area contributed by atoms with E-state index in [1.54, 1.807) is 0 Å². The molecule has 94 valence electrons. The Balaban J connectivity index is 0.000000317. The molecule has 0 amide bonds. The molecule has 0 radical (unpaired) electrons. The van der Waals surface area contributed by atoms with Gasteiger partial charge in [0.1, 0.15) is 6.29 Å². The average Bonchev–Trinajstić information content (AvgIpc) is 2.85. The van der Waals surface area contributed by atoms with Crippen molar-refractivity contribution in [3.63, 3.8) is 0 Å². The second-order valence-electron chi connectivity index (χ2n) is 3.76. The highest BCUT2D eigenvalue weighted by atomic mass is 35.5. The summed E-state index contributed by atoms with van der Waals surface area (Å²) in [7, 11) is 0. The summed E-state index contributed by atoms with van der Waals surface area (Å²) in [5.74, 6) is 0. The SMILES string of the molecule is CCC=O.Clc1ccc(SN2CCCC2)cc1. The summed E-state index contributed by atoms with van der Waals surface area (Å²) in [5.41, 5.74) is 0. The zero-order chi connectivity index (χ0) is 12.5. The lowest BCUT2D eigenvalue weighted by atomic mass is 10.4. The number of rotatable bonds is 3. The molecule has 1 fully saturated rings. The van der Waals surface area contributed by atoms with Gasteiger partial charge in [0.15, 0.2) is 0 Å². The summed E-state index contributed by atoms with van der Waals surface area (Å²) in [6.07, 6.45) is 4.18. The number of carbonyl (C=O) groups is 1. The van der Waals surface area contributed by atoms with Crippen molar-refractivity contribution in [3.8, 4) is 0 Å². The lowest BCUT2D eigenvalue weighted by Crippen LogP contribution is -2.08. The molecule has 0 atom stereocenters. The van der Waals surface area contributed by atoms with Gasteiger partial charge in [-0.15, -0.1) is 0 Å². The van der Waals surface area contributed by atoms with E-state index in [-0.39, 0.29) is 0 Å². The number of aldehydes is 1. The molecular weight excluding hydrogens is 254 g/mol. The second kappa shape index (κ2) is 8.56. The maximum absolute atomic E-state index is 9.17. The van der Waals surface area contributed by atoms with Gasteiger partial charge in [-0.3, -0.25) is 0 Å². The van der Waals surface area contributed by atoms with Crippen LogP contribution in [0.3, 0.4) is 0 Å². The Kier molecular flexibility index (Phi) is 7.33. The zero-order valence-electron chi connectivity index (χ0n) is 10.1. The number of halogens is 1. The fourth-order valence-corrected chi connectivity index (χ4v) is 2.55. The fraction of sp³-hybridized carbons (Fsp3) is 0.462.